The molecule has 0 aromatic heterocycles. The molecule has 3 nitrogen and oxygen atoms in total. The highest BCUT2D eigenvalue weighted by molar-refractivity contribution is 6.36. The van der Waals surface area contributed by atoms with Crippen LogP contribution in [0.1, 0.15) is 15.9 Å². The zero-order chi connectivity index (χ0) is 14.0. The molecule has 2 aromatic carbocycles. The minimum Gasteiger partial charge on any atom is -0.399 e. The number of anilines is 2. The Balaban J connectivity index is 2.34. The molecular weight excluding hydrogens is 283 g/mol. The second-order valence-electron chi connectivity index (χ2n) is 4.13. The smallest absolute Gasteiger partial charge is 0.257 e. The molecule has 98 valence electrons. The second-order valence-corrected chi connectivity index (χ2v) is 4.94. The molecular formula is C14H12Cl2N2O. The predicted molar refractivity (Wildman–Crippen MR) is 80.0 cm³/mol. The Labute approximate surface area is 121 Å². The molecule has 0 aliphatic rings. The number of hydrogen-bond acceptors (Lipinski definition) is 2. The zero-order valence-corrected chi connectivity index (χ0v) is 11.7. The van der Waals surface area contributed by atoms with Gasteiger partial charge in [-0.2, -0.15) is 0 Å². The molecule has 19 heavy (non-hydrogen) atoms. The number of nitrogens with two attached hydrogens (primary N) is 1. The molecule has 0 aliphatic carbocycles. The number of amides is 1. The molecule has 0 spiro atoms. The second kappa shape index (κ2) is 5.51. The van der Waals surface area contributed by atoms with E-state index in [2.05, 4.69) is 5.32 Å². The van der Waals surface area contributed by atoms with E-state index in [9.17, 15) is 4.79 Å². The summed E-state index contributed by atoms with van der Waals surface area (Å²) in [6.07, 6.45) is 0. The van der Waals surface area contributed by atoms with E-state index < -0.39 is 0 Å². The predicted octanol–water partition coefficient (Wildman–Crippen LogP) is 4.14. The van der Waals surface area contributed by atoms with Crippen LogP contribution >= 0.6 is 23.2 Å². The van der Waals surface area contributed by atoms with E-state index in [0.717, 1.165) is 5.56 Å². The maximum absolute atomic E-state index is 12.2. The van der Waals surface area contributed by atoms with Gasteiger partial charge in [0.1, 0.15) is 0 Å². The fourth-order valence-electron chi connectivity index (χ4n) is 1.69. The molecule has 0 fully saturated rings. The number of hydrogen-bond donors (Lipinski definition) is 2. The van der Waals surface area contributed by atoms with E-state index in [0.29, 0.717) is 27.0 Å². The first-order chi connectivity index (χ1) is 8.99. The molecule has 5 heteroatoms. The summed E-state index contributed by atoms with van der Waals surface area (Å²) in [5, 5.41) is 3.58. The summed E-state index contributed by atoms with van der Waals surface area (Å²) in [5.74, 6) is -0.339. The van der Waals surface area contributed by atoms with Gasteiger partial charge >= 0.3 is 0 Å². The number of halogens is 2. The first kappa shape index (κ1) is 13.7. The molecule has 0 heterocycles. The van der Waals surface area contributed by atoms with Gasteiger partial charge in [0.25, 0.3) is 5.91 Å². The lowest BCUT2D eigenvalue weighted by atomic mass is 10.1. The quantitative estimate of drug-likeness (QED) is 0.818. The third-order valence-electron chi connectivity index (χ3n) is 2.70. The number of nitrogens with one attached hydrogen (secondary N) is 1. The van der Waals surface area contributed by atoms with Crippen molar-refractivity contribution in [2.24, 2.45) is 0 Å². The van der Waals surface area contributed by atoms with Crippen molar-refractivity contribution in [3.05, 3.63) is 57.6 Å². The van der Waals surface area contributed by atoms with Crippen molar-refractivity contribution in [1.82, 2.24) is 0 Å². The molecule has 0 saturated carbocycles. The van der Waals surface area contributed by atoms with Gasteiger partial charge in [0.05, 0.1) is 21.3 Å². The largest absolute Gasteiger partial charge is 0.399 e. The summed E-state index contributed by atoms with van der Waals surface area (Å²) < 4.78 is 0. The van der Waals surface area contributed by atoms with Crippen LogP contribution in [0.5, 0.6) is 0 Å². The van der Waals surface area contributed by atoms with Gasteiger partial charge in [-0.05, 0) is 36.8 Å². The van der Waals surface area contributed by atoms with Crippen LogP contribution in [0.2, 0.25) is 10.0 Å². The van der Waals surface area contributed by atoms with E-state index in [1.165, 1.54) is 6.07 Å². The maximum Gasteiger partial charge on any atom is 0.257 e. The van der Waals surface area contributed by atoms with Gasteiger partial charge in [-0.3, -0.25) is 4.79 Å². The summed E-state index contributed by atoms with van der Waals surface area (Å²) in [6.45, 7) is 1.86. The van der Waals surface area contributed by atoms with Crippen molar-refractivity contribution >= 4 is 40.5 Å². The molecule has 3 N–H and O–H groups in total. The fourth-order valence-corrected chi connectivity index (χ4v) is 2.16. The lowest BCUT2D eigenvalue weighted by molar-refractivity contribution is 0.102. The topological polar surface area (TPSA) is 55.1 Å². The standard InChI is InChI=1S/C14H12Cl2N2O/c1-8-3-2-4-12(16)13(8)18-14(19)10-7-9(17)5-6-11(10)15/h2-7H,17H2,1H3,(H,18,19). The Kier molecular flexibility index (Phi) is 3.98. The Morgan fingerprint density at radius 2 is 1.89 bits per heavy atom. The molecule has 0 radical (unpaired) electrons. The van der Waals surface area contributed by atoms with Gasteiger partial charge in [0.15, 0.2) is 0 Å². The van der Waals surface area contributed by atoms with E-state index in [-0.39, 0.29) is 5.91 Å². The van der Waals surface area contributed by atoms with E-state index in [1.54, 1.807) is 18.2 Å². The number of para-hydroxylation sites is 1. The Morgan fingerprint density at radius 3 is 2.58 bits per heavy atom. The van der Waals surface area contributed by atoms with Crippen molar-refractivity contribution in [3.8, 4) is 0 Å². The van der Waals surface area contributed by atoms with Crippen molar-refractivity contribution in [2.75, 3.05) is 11.1 Å². The van der Waals surface area contributed by atoms with Gasteiger partial charge in [0, 0.05) is 5.69 Å². The molecule has 0 atom stereocenters. The van der Waals surface area contributed by atoms with Gasteiger partial charge in [-0.15, -0.1) is 0 Å². The van der Waals surface area contributed by atoms with Crippen molar-refractivity contribution in [2.45, 2.75) is 6.92 Å². The maximum atomic E-state index is 12.2. The first-order valence-corrected chi connectivity index (χ1v) is 6.36. The average Bonchev–Trinajstić information content (AvgIpc) is 2.37. The summed E-state index contributed by atoms with van der Waals surface area (Å²) in [5.41, 5.74) is 7.90. The molecule has 2 aromatic rings. The Morgan fingerprint density at radius 1 is 1.16 bits per heavy atom. The minimum atomic E-state index is -0.339. The number of benzene rings is 2. The first-order valence-electron chi connectivity index (χ1n) is 5.60. The normalized spacial score (nSPS) is 10.3. The summed E-state index contributed by atoms with van der Waals surface area (Å²) >= 11 is 12.0. The summed E-state index contributed by atoms with van der Waals surface area (Å²) in [7, 11) is 0. The summed E-state index contributed by atoms with van der Waals surface area (Å²) in [4.78, 5) is 12.2. The lowest BCUT2D eigenvalue weighted by Crippen LogP contribution is -2.14. The zero-order valence-electron chi connectivity index (χ0n) is 10.2. The van der Waals surface area contributed by atoms with Crippen molar-refractivity contribution in [1.29, 1.82) is 0 Å². The molecule has 2 rings (SSSR count). The van der Waals surface area contributed by atoms with Crippen LogP contribution in [0.15, 0.2) is 36.4 Å². The van der Waals surface area contributed by atoms with Crippen LogP contribution in [0, 0.1) is 6.92 Å². The number of aryl methyl sites for hydroxylation is 1. The summed E-state index contributed by atoms with van der Waals surface area (Å²) in [6, 6.07) is 10.2. The highest BCUT2D eigenvalue weighted by Crippen LogP contribution is 2.27. The molecule has 0 unspecified atom stereocenters. The van der Waals surface area contributed by atoms with Crippen LogP contribution in [0.4, 0.5) is 11.4 Å². The van der Waals surface area contributed by atoms with Gasteiger partial charge < -0.3 is 11.1 Å². The SMILES string of the molecule is Cc1cccc(Cl)c1NC(=O)c1cc(N)ccc1Cl. The third kappa shape index (κ3) is 3.00. The van der Waals surface area contributed by atoms with E-state index >= 15 is 0 Å². The van der Waals surface area contributed by atoms with Gasteiger partial charge in [-0.1, -0.05) is 35.3 Å². The monoisotopic (exact) mass is 294 g/mol. The number of nitrogen functional groups attached to an aromatic ring is 1. The van der Waals surface area contributed by atoms with Crippen LogP contribution in [-0.2, 0) is 0 Å². The van der Waals surface area contributed by atoms with Crippen LogP contribution in [-0.4, -0.2) is 5.91 Å². The fraction of sp³-hybridized carbons (Fsp3) is 0.0714. The van der Waals surface area contributed by atoms with Crippen LogP contribution in [0.25, 0.3) is 0 Å². The lowest BCUT2D eigenvalue weighted by Gasteiger charge is -2.11. The average molecular weight is 295 g/mol. The van der Waals surface area contributed by atoms with E-state index in [4.69, 9.17) is 28.9 Å². The molecule has 0 aliphatic heterocycles. The van der Waals surface area contributed by atoms with Crippen LogP contribution < -0.4 is 11.1 Å². The molecule has 0 bridgehead atoms. The minimum absolute atomic E-state index is 0.320. The van der Waals surface area contributed by atoms with Gasteiger partial charge in [-0.25, -0.2) is 0 Å². The Bertz CT molecular complexity index is 621. The highest BCUT2D eigenvalue weighted by Gasteiger charge is 2.13. The molecule has 0 saturated heterocycles. The van der Waals surface area contributed by atoms with Crippen molar-refractivity contribution in [3.63, 3.8) is 0 Å². The number of rotatable bonds is 2. The number of carbonyl (C=O) groups is 1. The van der Waals surface area contributed by atoms with Crippen molar-refractivity contribution < 1.29 is 4.79 Å². The van der Waals surface area contributed by atoms with Gasteiger partial charge in [0.2, 0.25) is 0 Å². The highest BCUT2D eigenvalue weighted by atomic mass is 35.5. The van der Waals surface area contributed by atoms with Crippen LogP contribution in [0.3, 0.4) is 0 Å². The van der Waals surface area contributed by atoms with E-state index in [1.807, 2.05) is 19.1 Å². The Hall–Kier alpha value is -1.71. The number of carbonyl (C=O) groups excluding carboxylic acids is 1. The molecule has 1 amide bonds. The third-order valence-corrected chi connectivity index (χ3v) is 3.34.